The van der Waals surface area contributed by atoms with E-state index in [1.54, 1.807) is 29.0 Å². The average molecular weight is 307 g/mol. The molecule has 1 amide bonds. The quantitative estimate of drug-likeness (QED) is 0.854. The molecule has 0 saturated heterocycles. The number of esters is 1. The van der Waals surface area contributed by atoms with Gasteiger partial charge in [-0.2, -0.15) is 0 Å². The molecule has 0 aliphatic heterocycles. The minimum Gasteiger partial charge on any atom is -0.469 e. The van der Waals surface area contributed by atoms with Crippen LogP contribution in [0.5, 0.6) is 0 Å². The highest BCUT2D eigenvalue weighted by Gasteiger charge is 2.14. The minimum atomic E-state index is -0.346. The maximum Gasteiger partial charge on any atom is 0.307 e. The molecule has 6 nitrogen and oxygen atoms in total. The molecule has 112 valence electrons. The second kappa shape index (κ2) is 6.53. The molecule has 0 fully saturated rings. The molecular formula is C14H17N3O3S. The van der Waals surface area contributed by atoms with Gasteiger partial charge in [0.1, 0.15) is 5.69 Å². The number of nitrogens with one attached hydrogen (secondary N) is 1. The van der Waals surface area contributed by atoms with Crippen molar-refractivity contribution in [2.24, 2.45) is 7.05 Å². The Kier molecular flexibility index (Phi) is 4.74. The van der Waals surface area contributed by atoms with E-state index in [9.17, 15) is 9.59 Å². The molecule has 0 atom stereocenters. The third kappa shape index (κ3) is 3.69. The second-order valence-electron chi connectivity index (χ2n) is 4.56. The Labute approximate surface area is 126 Å². The summed E-state index contributed by atoms with van der Waals surface area (Å²) in [7, 11) is 3.13. The molecule has 7 heteroatoms. The van der Waals surface area contributed by atoms with E-state index in [4.69, 9.17) is 0 Å². The van der Waals surface area contributed by atoms with Gasteiger partial charge in [-0.25, -0.2) is 4.98 Å². The molecule has 21 heavy (non-hydrogen) atoms. The molecular weight excluding hydrogens is 290 g/mol. The molecule has 0 saturated carbocycles. The maximum absolute atomic E-state index is 12.1. The fourth-order valence-corrected chi connectivity index (χ4v) is 2.52. The summed E-state index contributed by atoms with van der Waals surface area (Å²) in [5.74, 6) is -0.569. The van der Waals surface area contributed by atoms with Crippen molar-refractivity contribution in [3.05, 3.63) is 28.3 Å². The molecule has 2 heterocycles. The topological polar surface area (TPSA) is 73.2 Å². The van der Waals surface area contributed by atoms with Crippen LogP contribution in [0.4, 0.5) is 0 Å². The van der Waals surface area contributed by atoms with E-state index in [0.29, 0.717) is 5.69 Å². The van der Waals surface area contributed by atoms with E-state index < -0.39 is 0 Å². The van der Waals surface area contributed by atoms with Crippen molar-refractivity contribution in [1.82, 2.24) is 14.9 Å². The highest BCUT2D eigenvalue weighted by Crippen LogP contribution is 2.23. The smallest absolute Gasteiger partial charge is 0.307 e. The van der Waals surface area contributed by atoms with Crippen molar-refractivity contribution in [2.45, 2.75) is 13.3 Å². The molecule has 0 aromatic carbocycles. The number of aryl methyl sites for hydroxylation is 2. The van der Waals surface area contributed by atoms with Gasteiger partial charge in [-0.15, -0.1) is 11.3 Å². The molecule has 2 rings (SSSR count). The summed E-state index contributed by atoms with van der Waals surface area (Å²) < 4.78 is 6.27. The molecule has 0 radical (unpaired) electrons. The number of ether oxygens (including phenoxy) is 1. The van der Waals surface area contributed by atoms with Gasteiger partial charge >= 0.3 is 5.97 Å². The number of hydrogen-bond acceptors (Lipinski definition) is 5. The number of rotatable bonds is 5. The van der Waals surface area contributed by atoms with E-state index in [2.05, 4.69) is 15.0 Å². The van der Waals surface area contributed by atoms with Gasteiger partial charge in [0.2, 0.25) is 0 Å². The Morgan fingerprint density at radius 2 is 2.24 bits per heavy atom. The third-order valence-electron chi connectivity index (χ3n) is 2.99. The molecule has 0 aliphatic rings. The monoisotopic (exact) mass is 307 g/mol. The number of carbonyl (C=O) groups excluding carboxylic acids is 2. The van der Waals surface area contributed by atoms with Crippen LogP contribution >= 0.6 is 11.3 Å². The summed E-state index contributed by atoms with van der Waals surface area (Å²) in [5.41, 5.74) is 2.29. The summed E-state index contributed by atoms with van der Waals surface area (Å²) in [6.07, 6.45) is 2.02. The molecule has 1 N–H and O–H groups in total. The predicted octanol–water partition coefficient (Wildman–Crippen LogP) is 1.75. The Balaban J connectivity index is 2.05. The lowest BCUT2D eigenvalue weighted by molar-refractivity contribution is -0.140. The summed E-state index contributed by atoms with van der Waals surface area (Å²) in [4.78, 5) is 27.5. The van der Waals surface area contributed by atoms with E-state index in [0.717, 1.165) is 16.3 Å². The van der Waals surface area contributed by atoms with Crippen LogP contribution in [0.2, 0.25) is 0 Å². The first kappa shape index (κ1) is 15.2. The molecule has 2 aromatic heterocycles. The summed E-state index contributed by atoms with van der Waals surface area (Å²) in [6.45, 7) is 2.19. The number of methoxy groups -OCH3 is 1. The van der Waals surface area contributed by atoms with Crippen molar-refractivity contribution in [3.63, 3.8) is 0 Å². The zero-order valence-corrected chi connectivity index (χ0v) is 13.0. The Morgan fingerprint density at radius 1 is 1.48 bits per heavy atom. The Morgan fingerprint density at radius 3 is 2.86 bits per heavy atom. The minimum absolute atomic E-state index is 0.158. The van der Waals surface area contributed by atoms with Crippen LogP contribution in [0.25, 0.3) is 11.3 Å². The van der Waals surface area contributed by atoms with Crippen LogP contribution < -0.4 is 5.32 Å². The van der Waals surface area contributed by atoms with Gasteiger partial charge in [0, 0.05) is 30.7 Å². The number of aromatic nitrogens is 2. The third-order valence-corrected chi connectivity index (χ3v) is 3.77. The number of amides is 1. The van der Waals surface area contributed by atoms with Crippen LogP contribution in [-0.2, 0) is 16.6 Å². The summed E-state index contributed by atoms with van der Waals surface area (Å²) in [6, 6.07) is 1.79. The van der Waals surface area contributed by atoms with Crippen molar-refractivity contribution < 1.29 is 14.3 Å². The Bertz CT molecular complexity index is 660. The van der Waals surface area contributed by atoms with Gasteiger partial charge in [-0.1, -0.05) is 0 Å². The first-order valence-electron chi connectivity index (χ1n) is 6.45. The summed E-state index contributed by atoms with van der Waals surface area (Å²) >= 11 is 1.57. The zero-order chi connectivity index (χ0) is 15.4. The van der Waals surface area contributed by atoms with Gasteiger partial charge in [-0.3, -0.25) is 9.59 Å². The van der Waals surface area contributed by atoms with Crippen molar-refractivity contribution in [2.75, 3.05) is 13.7 Å². The largest absolute Gasteiger partial charge is 0.469 e. The lowest BCUT2D eigenvalue weighted by Crippen LogP contribution is -2.27. The van der Waals surface area contributed by atoms with Crippen molar-refractivity contribution in [1.29, 1.82) is 0 Å². The van der Waals surface area contributed by atoms with E-state index in [1.165, 1.54) is 7.11 Å². The van der Waals surface area contributed by atoms with Crippen LogP contribution in [0.3, 0.4) is 0 Å². The maximum atomic E-state index is 12.1. The van der Waals surface area contributed by atoms with Crippen LogP contribution in [0.15, 0.2) is 17.6 Å². The molecule has 0 aliphatic carbocycles. The molecule has 2 aromatic rings. The number of thiazole rings is 1. The lowest BCUT2D eigenvalue weighted by atomic mass is 10.2. The van der Waals surface area contributed by atoms with Gasteiger partial charge in [0.05, 0.1) is 24.2 Å². The fraction of sp³-hybridized carbons (Fsp3) is 0.357. The lowest BCUT2D eigenvalue weighted by Gasteiger charge is -2.04. The van der Waals surface area contributed by atoms with E-state index in [1.807, 2.05) is 18.5 Å². The highest BCUT2D eigenvalue weighted by molar-refractivity contribution is 7.09. The predicted molar refractivity (Wildman–Crippen MR) is 80.2 cm³/mol. The number of carbonyl (C=O) groups is 2. The first-order valence-corrected chi connectivity index (χ1v) is 7.33. The molecule has 0 spiro atoms. The zero-order valence-electron chi connectivity index (χ0n) is 12.2. The van der Waals surface area contributed by atoms with Gasteiger partial charge in [0.15, 0.2) is 0 Å². The van der Waals surface area contributed by atoms with Gasteiger partial charge in [0.25, 0.3) is 5.91 Å². The van der Waals surface area contributed by atoms with E-state index >= 15 is 0 Å². The average Bonchev–Trinajstić information content (AvgIpc) is 3.04. The standard InChI is InChI=1S/C14H17N3O3S/c1-9-16-11(8-21-9)10-6-12(17(2)7-10)14(19)15-5-4-13(18)20-3/h6-8H,4-5H2,1-3H3,(H,15,19). The second-order valence-corrected chi connectivity index (χ2v) is 5.62. The summed E-state index contributed by atoms with van der Waals surface area (Å²) in [5, 5.41) is 5.64. The fourth-order valence-electron chi connectivity index (χ4n) is 1.90. The van der Waals surface area contributed by atoms with Gasteiger partial charge < -0.3 is 14.6 Å². The van der Waals surface area contributed by atoms with Gasteiger partial charge in [-0.05, 0) is 13.0 Å². The normalized spacial score (nSPS) is 10.4. The first-order chi connectivity index (χ1) is 10.0. The van der Waals surface area contributed by atoms with Crippen LogP contribution in [0.1, 0.15) is 21.9 Å². The Hall–Kier alpha value is -2.15. The molecule has 0 bridgehead atoms. The van der Waals surface area contributed by atoms with Crippen LogP contribution in [0, 0.1) is 6.92 Å². The number of nitrogens with zero attached hydrogens (tertiary/aromatic N) is 2. The number of hydrogen-bond donors (Lipinski definition) is 1. The van der Waals surface area contributed by atoms with Crippen LogP contribution in [-0.4, -0.2) is 35.1 Å². The van der Waals surface area contributed by atoms with Crippen molar-refractivity contribution >= 4 is 23.2 Å². The van der Waals surface area contributed by atoms with Crippen molar-refractivity contribution in [3.8, 4) is 11.3 Å². The highest BCUT2D eigenvalue weighted by atomic mass is 32.1. The van der Waals surface area contributed by atoms with E-state index in [-0.39, 0.29) is 24.8 Å². The molecule has 0 unspecified atom stereocenters. The SMILES string of the molecule is COC(=O)CCNC(=O)c1cc(-c2csc(C)n2)cn1C.